The maximum absolute atomic E-state index is 15.4. The Hall–Kier alpha value is -5.20. The van der Waals surface area contributed by atoms with Crippen molar-refractivity contribution in [1.82, 2.24) is 19.7 Å². The molecule has 11 nitrogen and oxygen atoms in total. The monoisotopic (exact) mass is 742 g/mol. The van der Waals surface area contributed by atoms with Crippen LogP contribution in [0.1, 0.15) is 102 Å². The number of hydrogen-bond donors (Lipinski definition) is 3. The van der Waals surface area contributed by atoms with E-state index in [4.69, 9.17) is 10.5 Å². The molecule has 0 spiro atoms. The number of aromatic nitrogens is 3. The molecule has 290 valence electrons. The van der Waals surface area contributed by atoms with Crippen LogP contribution in [0.15, 0.2) is 78.0 Å². The molecule has 4 N–H and O–H groups in total. The smallest absolute Gasteiger partial charge is 0.282 e. The fraction of sp³-hybridized carbons (Fsp3) is 0.405. The van der Waals surface area contributed by atoms with Gasteiger partial charge in [-0.3, -0.25) is 14.4 Å². The Balaban J connectivity index is 0.00000149. The van der Waals surface area contributed by atoms with Crippen LogP contribution in [-0.2, 0) is 21.6 Å². The third kappa shape index (κ3) is 10.7. The number of likely N-dealkylation sites (tertiary alicyclic amines) is 1. The van der Waals surface area contributed by atoms with E-state index < -0.39 is 23.4 Å². The van der Waals surface area contributed by atoms with Gasteiger partial charge in [0.1, 0.15) is 17.3 Å². The quantitative estimate of drug-likeness (QED) is 0.113. The van der Waals surface area contributed by atoms with Crippen molar-refractivity contribution in [2.75, 3.05) is 25.0 Å². The van der Waals surface area contributed by atoms with Gasteiger partial charge >= 0.3 is 0 Å². The number of benzene rings is 2. The number of piperidine rings is 1. The summed E-state index contributed by atoms with van der Waals surface area (Å²) in [4.78, 5) is 45.1. The number of nitrogens with two attached hydrogens (primary N) is 1. The Morgan fingerprint density at radius 2 is 1.76 bits per heavy atom. The summed E-state index contributed by atoms with van der Waals surface area (Å²) in [7, 11) is 0. The predicted octanol–water partition coefficient (Wildman–Crippen LogP) is 7.29. The lowest BCUT2D eigenvalue weighted by Gasteiger charge is -2.29. The van der Waals surface area contributed by atoms with Crippen LogP contribution in [0.4, 0.5) is 10.2 Å². The zero-order chi connectivity index (χ0) is 40.2. The van der Waals surface area contributed by atoms with Crippen molar-refractivity contribution in [1.29, 1.82) is 0 Å². The number of fused-ring (bicyclic) bond motifs is 1. The highest BCUT2D eigenvalue weighted by molar-refractivity contribution is 5.98. The molecule has 1 saturated heterocycles. The molecular weight excluding hydrogens is 687 g/mol. The molecule has 2 amide bonds. The number of pyridine rings is 1. The van der Waals surface area contributed by atoms with Gasteiger partial charge in [0.05, 0.1) is 35.5 Å². The molecule has 5 rings (SSSR count). The summed E-state index contributed by atoms with van der Waals surface area (Å²) in [5, 5.41) is 17.4. The summed E-state index contributed by atoms with van der Waals surface area (Å²) in [6.45, 7) is 21.5. The summed E-state index contributed by atoms with van der Waals surface area (Å²) >= 11 is 0. The number of hydrogen-bond acceptors (Lipinski definition) is 8. The molecule has 12 heteroatoms. The molecule has 2 aromatic heterocycles. The molecule has 1 fully saturated rings. The van der Waals surface area contributed by atoms with Crippen molar-refractivity contribution in [2.24, 2.45) is 5.73 Å². The second-order valence-electron chi connectivity index (χ2n) is 13.7. The van der Waals surface area contributed by atoms with Crippen LogP contribution < -0.4 is 16.6 Å². The second kappa shape index (κ2) is 19.8. The maximum atomic E-state index is 15.4. The number of nitrogens with one attached hydrogen (secondary N) is 1. The predicted molar refractivity (Wildman–Crippen MR) is 214 cm³/mol. The molecule has 3 heterocycles. The Kier molecular flexibility index (Phi) is 15.8. The Bertz CT molecular complexity index is 2010. The minimum atomic E-state index is -0.782. The number of ether oxygens (including phenoxy) is 1. The molecule has 4 aromatic rings. The number of aliphatic hydroxyl groups is 1. The van der Waals surface area contributed by atoms with E-state index >= 15 is 4.39 Å². The van der Waals surface area contributed by atoms with Gasteiger partial charge in [-0.15, -0.1) is 0 Å². The number of rotatable bonds is 10. The van der Waals surface area contributed by atoms with Crippen LogP contribution in [0.2, 0.25) is 0 Å². The van der Waals surface area contributed by atoms with Crippen LogP contribution in [0.5, 0.6) is 0 Å². The average molecular weight is 743 g/mol. The third-order valence-electron chi connectivity index (χ3n) is 8.49. The Labute approximate surface area is 317 Å². The second-order valence-corrected chi connectivity index (χ2v) is 13.7. The van der Waals surface area contributed by atoms with E-state index in [2.05, 4.69) is 35.8 Å². The number of aliphatic hydroxyl groups excluding tert-OH is 1. The van der Waals surface area contributed by atoms with Gasteiger partial charge in [-0.25, -0.2) is 9.37 Å². The van der Waals surface area contributed by atoms with Gasteiger partial charge in [-0.05, 0) is 78.3 Å². The number of halogens is 1. The van der Waals surface area contributed by atoms with Crippen LogP contribution in [0.3, 0.4) is 0 Å². The van der Waals surface area contributed by atoms with Crippen molar-refractivity contribution in [3.8, 4) is 5.69 Å². The van der Waals surface area contributed by atoms with E-state index in [-0.39, 0.29) is 34.8 Å². The fourth-order valence-corrected chi connectivity index (χ4v) is 5.67. The number of amides is 2. The van der Waals surface area contributed by atoms with E-state index in [1.165, 1.54) is 31.0 Å². The first kappa shape index (κ1) is 43.2. The van der Waals surface area contributed by atoms with Gasteiger partial charge in [0.25, 0.3) is 17.4 Å². The minimum Gasteiger partial charge on any atom is -0.393 e. The molecule has 1 aliphatic rings. The standard InChI is InChI=1S/C37H41FN6O5.C3H8.C2H6/c1-6-49-21-28-27(8-7-9-31(28)44-36(48)33-24(20-41-44)17-25(18-29(33)38)37(3,4)5)22(2)16-30(34(39)46)42-32-11-10-23(19-40-32)35(47)43-14-12-26(45)13-15-43;1-3-2;1-2/h7-11,16-20,26,45H,2,6,12-15,21H2,1,3-5H3,(H2,39,46)(H,40,42);3H2,1-2H3;1-2H3/b30-16+;;. The highest BCUT2D eigenvalue weighted by Gasteiger charge is 2.23. The molecule has 0 bridgehead atoms. The zero-order valence-corrected chi connectivity index (χ0v) is 32.8. The average Bonchev–Trinajstić information content (AvgIpc) is 3.14. The van der Waals surface area contributed by atoms with Crippen molar-refractivity contribution in [3.63, 3.8) is 0 Å². The highest BCUT2D eigenvalue weighted by atomic mass is 19.1. The van der Waals surface area contributed by atoms with E-state index in [1.807, 2.05) is 41.5 Å². The van der Waals surface area contributed by atoms with Crippen LogP contribution in [0, 0.1) is 5.82 Å². The summed E-state index contributed by atoms with van der Waals surface area (Å²) in [5.41, 5.74) is 7.69. The maximum Gasteiger partial charge on any atom is 0.282 e. The molecule has 1 aliphatic heterocycles. The van der Waals surface area contributed by atoms with E-state index in [0.29, 0.717) is 65.9 Å². The number of allylic oxidation sites excluding steroid dienone is 2. The SMILES string of the molecule is C=C(/C=C(/Nc1ccc(C(=O)N2CCC(O)CC2)cn1)C(N)=O)c1cccc(-n2ncc3cc(C(C)(C)C)cc(F)c3c2=O)c1COCC.CC.CCC. The molecule has 0 saturated carbocycles. The first-order valence-electron chi connectivity index (χ1n) is 18.5. The summed E-state index contributed by atoms with van der Waals surface area (Å²) < 4.78 is 22.3. The fourth-order valence-electron chi connectivity index (χ4n) is 5.67. The number of nitrogens with zero attached hydrogens (tertiary/aromatic N) is 4. The van der Waals surface area contributed by atoms with E-state index in [0.717, 1.165) is 10.2 Å². The summed E-state index contributed by atoms with van der Waals surface area (Å²) in [5.74, 6) is -1.33. The van der Waals surface area contributed by atoms with Crippen molar-refractivity contribution >= 4 is 34.0 Å². The van der Waals surface area contributed by atoms with E-state index in [1.54, 1.807) is 41.3 Å². The highest BCUT2D eigenvalue weighted by Crippen LogP contribution is 2.29. The molecule has 2 aromatic carbocycles. The molecule has 0 radical (unpaired) electrons. The summed E-state index contributed by atoms with van der Waals surface area (Å²) in [6, 6.07) is 11.5. The molecular formula is C42H55FN6O5. The first-order chi connectivity index (χ1) is 25.7. The molecule has 54 heavy (non-hydrogen) atoms. The minimum absolute atomic E-state index is 0.0212. The van der Waals surface area contributed by atoms with Gasteiger partial charge in [-0.2, -0.15) is 9.78 Å². The van der Waals surface area contributed by atoms with Crippen LogP contribution in [-0.4, -0.2) is 62.4 Å². The van der Waals surface area contributed by atoms with Crippen molar-refractivity contribution in [2.45, 2.75) is 92.8 Å². The normalized spacial score (nSPS) is 13.4. The number of anilines is 1. The Morgan fingerprint density at radius 1 is 1.09 bits per heavy atom. The molecule has 0 aliphatic carbocycles. The van der Waals surface area contributed by atoms with Gasteiger partial charge in [0, 0.05) is 36.8 Å². The van der Waals surface area contributed by atoms with Gasteiger partial charge in [0.2, 0.25) is 0 Å². The lowest BCUT2D eigenvalue weighted by Crippen LogP contribution is -2.40. The number of primary amides is 1. The number of carbonyl (C=O) groups excluding carboxylic acids is 2. The zero-order valence-electron chi connectivity index (χ0n) is 32.8. The van der Waals surface area contributed by atoms with Crippen molar-refractivity contribution < 1.29 is 23.8 Å². The van der Waals surface area contributed by atoms with Crippen molar-refractivity contribution in [3.05, 3.63) is 112 Å². The lowest BCUT2D eigenvalue weighted by molar-refractivity contribution is -0.114. The largest absolute Gasteiger partial charge is 0.393 e. The topological polar surface area (TPSA) is 153 Å². The lowest BCUT2D eigenvalue weighted by atomic mass is 9.86. The number of carbonyl (C=O) groups is 2. The molecule has 0 unspecified atom stereocenters. The first-order valence-corrected chi connectivity index (χ1v) is 18.5. The van der Waals surface area contributed by atoms with Gasteiger partial charge < -0.3 is 25.8 Å². The van der Waals surface area contributed by atoms with Gasteiger partial charge in [-0.1, -0.05) is 73.6 Å². The third-order valence-corrected chi connectivity index (χ3v) is 8.49. The van der Waals surface area contributed by atoms with Crippen LogP contribution >= 0.6 is 0 Å². The van der Waals surface area contributed by atoms with Crippen LogP contribution in [0.25, 0.3) is 22.0 Å². The van der Waals surface area contributed by atoms with Gasteiger partial charge in [0.15, 0.2) is 0 Å². The summed E-state index contributed by atoms with van der Waals surface area (Å²) in [6.07, 6.45) is 6.24. The molecule has 0 atom stereocenters. The van der Waals surface area contributed by atoms with E-state index in [9.17, 15) is 19.5 Å². The Morgan fingerprint density at radius 3 is 2.33 bits per heavy atom.